The molecule has 0 aliphatic heterocycles. The van der Waals surface area contributed by atoms with Crippen LogP contribution in [0.25, 0.3) is 0 Å². The lowest BCUT2D eigenvalue weighted by molar-refractivity contribution is -0.114. The van der Waals surface area contributed by atoms with Gasteiger partial charge >= 0.3 is 0 Å². The molecule has 0 aliphatic carbocycles. The van der Waals surface area contributed by atoms with Crippen LogP contribution in [0.5, 0.6) is 5.75 Å². The average molecular weight is 445 g/mol. The van der Waals surface area contributed by atoms with E-state index >= 15 is 0 Å². The van der Waals surface area contributed by atoms with Gasteiger partial charge in [0.15, 0.2) is 0 Å². The minimum Gasteiger partial charge on any atom is -0.495 e. The number of amides is 1. The van der Waals surface area contributed by atoms with Gasteiger partial charge in [-0.05, 0) is 48.9 Å². The summed E-state index contributed by atoms with van der Waals surface area (Å²) >= 11 is 6.12. The molecule has 8 heteroatoms. The Hall–Kier alpha value is -3.03. The molecular weight excluding hydrogens is 424 g/mol. The number of benzene rings is 3. The molecule has 3 aromatic carbocycles. The summed E-state index contributed by atoms with van der Waals surface area (Å²) in [7, 11) is -2.58. The van der Waals surface area contributed by atoms with Crippen molar-refractivity contribution < 1.29 is 17.9 Å². The van der Waals surface area contributed by atoms with Crippen molar-refractivity contribution in [3.05, 3.63) is 83.4 Å². The van der Waals surface area contributed by atoms with Crippen molar-refractivity contribution in [2.45, 2.75) is 11.8 Å². The first kappa shape index (κ1) is 21.7. The summed E-state index contributed by atoms with van der Waals surface area (Å²) in [4.78, 5) is 12.9. The van der Waals surface area contributed by atoms with Crippen LogP contribution >= 0.6 is 11.6 Å². The Morgan fingerprint density at radius 3 is 2.37 bits per heavy atom. The van der Waals surface area contributed by atoms with Crippen LogP contribution in [0.2, 0.25) is 5.02 Å². The monoisotopic (exact) mass is 444 g/mol. The van der Waals surface area contributed by atoms with Gasteiger partial charge in [-0.2, -0.15) is 0 Å². The highest BCUT2D eigenvalue weighted by Gasteiger charge is 2.29. The van der Waals surface area contributed by atoms with Gasteiger partial charge < -0.3 is 10.1 Å². The van der Waals surface area contributed by atoms with Crippen molar-refractivity contribution in [3.8, 4) is 5.75 Å². The van der Waals surface area contributed by atoms with Crippen molar-refractivity contribution in [2.75, 3.05) is 23.3 Å². The van der Waals surface area contributed by atoms with Gasteiger partial charge in [0.1, 0.15) is 12.3 Å². The molecular formula is C22H21ClN2O4S. The summed E-state index contributed by atoms with van der Waals surface area (Å²) in [5.74, 6) is -0.172. The number of nitrogens with one attached hydrogen (secondary N) is 1. The van der Waals surface area contributed by atoms with Crippen LogP contribution < -0.4 is 14.4 Å². The second-order valence-corrected chi connectivity index (χ2v) is 8.73. The zero-order valence-corrected chi connectivity index (χ0v) is 18.1. The van der Waals surface area contributed by atoms with Crippen LogP contribution in [0.3, 0.4) is 0 Å². The second kappa shape index (κ2) is 9.19. The number of rotatable bonds is 7. The van der Waals surface area contributed by atoms with Crippen LogP contribution in [0.15, 0.2) is 77.7 Å². The van der Waals surface area contributed by atoms with Crippen molar-refractivity contribution in [1.29, 1.82) is 0 Å². The SMILES string of the molecule is COc1ccccc1N(CC(=O)Nc1cccc(Cl)c1C)S(=O)(=O)c1ccccc1. The molecule has 0 aromatic heterocycles. The molecule has 0 heterocycles. The van der Waals surface area contributed by atoms with Crippen LogP contribution in [0.4, 0.5) is 11.4 Å². The number of carbonyl (C=O) groups is 1. The van der Waals surface area contributed by atoms with Crippen molar-refractivity contribution >= 4 is 38.9 Å². The Morgan fingerprint density at radius 2 is 1.67 bits per heavy atom. The topological polar surface area (TPSA) is 75.7 Å². The van der Waals surface area contributed by atoms with Gasteiger partial charge in [0.2, 0.25) is 5.91 Å². The summed E-state index contributed by atoms with van der Waals surface area (Å²) < 4.78 is 33.1. The van der Waals surface area contributed by atoms with Gasteiger partial charge in [0.05, 0.1) is 17.7 Å². The van der Waals surface area contributed by atoms with E-state index in [-0.39, 0.29) is 10.6 Å². The third-order valence-electron chi connectivity index (χ3n) is 4.51. The van der Waals surface area contributed by atoms with E-state index < -0.39 is 22.5 Å². The first-order chi connectivity index (χ1) is 14.3. The highest BCUT2D eigenvalue weighted by Crippen LogP contribution is 2.32. The lowest BCUT2D eigenvalue weighted by Crippen LogP contribution is -2.38. The predicted octanol–water partition coefficient (Wildman–Crippen LogP) is 4.49. The van der Waals surface area contributed by atoms with Crippen LogP contribution in [0.1, 0.15) is 5.56 Å². The molecule has 0 unspecified atom stereocenters. The number of ether oxygens (including phenoxy) is 1. The average Bonchev–Trinajstić information content (AvgIpc) is 2.76. The van der Waals surface area contributed by atoms with Gasteiger partial charge in [-0.1, -0.05) is 48.0 Å². The molecule has 0 atom stereocenters. The Bertz CT molecular complexity index is 1150. The maximum Gasteiger partial charge on any atom is 0.264 e. The molecule has 6 nitrogen and oxygen atoms in total. The van der Waals surface area contributed by atoms with E-state index in [1.54, 1.807) is 67.6 Å². The molecule has 30 heavy (non-hydrogen) atoms. The molecule has 0 aliphatic rings. The fourth-order valence-electron chi connectivity index (χ4n) is 2.92. The second-order valence-electron chi connectivity index (χ2n) is 6.46. The van der Waals surface area contributed by atoms with E-state index in [0.717, 1.165) is 4.31 Å². The molecule has 3 aromatic rings. The number of sulfonamides is 1. The zero-order valence-electron chi connectivity index (χ0n) is 16.5. The van der Waals surface area contributed by atoms with Crippen LogP contribution in [0, 0.1) is 6.92 Å². The summed E-state index contributed by atoms with van der Waals surface area (Å²) in [6.45, 7) is 1.33. The van der Waals surface area contributed by atoms with E-state index in [1.807, 2.05) is 0 Å². The first-order valence-corrected chi connectivity index (χ1v) is 10.9. The van der Waals surface area contributed by atoms with Gasteiger partial charge in [0.25, 0.3) is 10.0 Å². The lowest BCUT2D eigenvalue weighted by atomic mass is 10.2. The number of methoxy groups -OCH3 is 1. The third-order valence-corrected chi connectivity index (χ3v) is 6.70. The smallest absolute Gasteiger partial charge is 0.264 e. The van der Waals surface area contributed by atoms with Crippen molar-refractivity contribution in [2.24, 2.45) is 0 Å². The molecule has 0 saturated carbocycles. The Morgan fingerprint density at radius 1 is 1.00 bits per heavy atom. The number of carbonyl (C=O) groups excluding carboxylic acids is 1. The third kappa shape index (κ3) is 4.58. The van der Waals surface area contributed by atoms with E-state index in [2.05, 4.69) is 5.32 Å². The van der Waals surface area contributed by atoms with Gasteiger partial charge in [-0.3, -0.25) is 9.10 Å². The van der Waals surface area contributed by atoms with E-state index in [0.29, 0.717) is 22.0 Å². The summed E-state index contributed by atoms with van der Waals surface area (Å²) in [6, 6.07) is 19.7. The zero-order chi connectivity index (χ0) is 21.7. The highest BCUT2D eigenvalue weighted by atomic mass is 35.5. The Kier molecular flexibility index (Phi) is 6.64. The number of halogens is 1. The molecule has 0 fully saturated rings. The van der Waals surface area contributed by atoms with Crippen LogP contribution in [-0.4, -0.2) is 28.0 Å². The largest absolute Gasteiger partial charge is 0.495 e. The fraction of sp³-hybridized carbons (Fsp3) is 0.136. The van der Waals surface area contributed by atoms with Crippen LogP contribution in [-0.2, 0) is 14.8 Å². The standard InChI is InChI=1S/C22H21ClN2O4S/c1-16-18(23)11-8-12-19(16)24-22(26)15-25(20-13-6-7-14-21(20)29-2)30(27,28)17-9-4-3-5-10-17/h3-14H,15H2,1-2H3,(H,24,26). The molecule has 0 bridgehead atoms. The molecule has 1 N–H and O–H groups in total. The summed E-state index contributed by atoms with van der Waals surface area (Å²) in [5.41, 5.74) is 1.48. The predicted molar refractivity (Wildman–Crippen MR) is 119 cm³/mol. The number of hydrogen-bond acceptors (Lipinski definition) is 4. The van der Waals surface area contributed by atoms with Crippen molar-refractivity contribution in [1.82, 2.24) is 0 Å². The van der Waals surface area contributed by atoms with E-state index in [9.17, 15) is 13.2 Å². The Labute approximate surface area is 181 Å². The quantitative estimate of drug-likeness (QED) is 0.582. The molecule has 0 spiro atoms. The van der Waals surface area contributed by atoms with Gasteiger partial charge in [-0.15, -0.1) is 0 Å². The molecule has 1 amide bonds. The van der Waals surface area contributed by atoms with E-state index in [1.165, 1.54) is 19.2 Å². The highest BCUT2D eigenvalue weighted by molar-refractivity contribution is 7.92. The van der Waals surface area contributed by atoms with E-state index in [4.69, 9.17) is 16.3 Å². The normalized spacial score (nSPS) is 11.0. The maximum absolute atomic E-state index is 13.4. The molecule has 0 saturated heterocycles. The molecule has 156 valence electrons. The molecule has 3 rings (SSSR count). The van der Waals surface area contributed by atoms with Gasteiger partial charge in [0, 0.05) is 10.7 Å². The lowest BCUT2D eigenvalue weighted by Gasteiger charge is -2.25. The fourth-order valence-corrected chi connectivity index (χ4v) is 4.55. The Balaban J connectivity index is 2.00. The molecule has 0 radical (unpaired) electrons. The summed E-state index contributed by atoms with van der Waals surface area (Å²) in [5, 5.41) is 3.25. The minimum absolute atomic E-state index is 0.0719. The maximum atomic E-state index is 13.4. The number of para-hydroxylation sites is 2. The van der Waals surface area contributed by atoms with Gasteiger partial charge in [-0.25, -0.2) is 8.42 Å². The number of anilines is 2. The first-order valence-electron chi connectivity index (χ1n) is 9.10. The summed E-state index contributed by atoms with van der Waals surface area (Å²) in [6.07, 6.45) is 0. The number of hydrogen-bond donors (Lipinski definition) is 1. The number of nitrogens with zero attached hydrogens (tertiary/aromatic N) is 1. The van der Waals surface area contributed by atoms with Crippen molar-refractivity contribution in [3.63, 3.8) is 0 Å². The minimum atomic E-state index is -4.03.